The van der Waals surface area contributed by atoms with E-state index in [0.717, 1.165) is 35.2 Å². The van der Waals surface area contributed by atoms with Crippen LogP contribution in [0.15, 0.2) is 36.4 Å². The Morgan fingerprint density at radius 1 is 1.06 bits per heavy atom. The minimum absolute atomic E-state index is 0.122. The van der Waals surface area contributed by atoms with Gasteiger partial charge in [-0.2, -0.15) is 0 Å². The SMILES string of the molecule is Cc1ccc2c(c1)[C@]1(C(=O)N2)[C@@H]2C(=O)N(c3cc(Cl)ccc3C)C(=O)[C@@H]2[C@@H]2CCCN21. The molecule has 6 nitrogen and oxygen atoms in total. The first-order chi connectivity index (χ1) is 14.9. The molecule has 2 aromatic rings. The molecule has 0 radical (unpaired) electrons. The molecule has 0 aliphatic carbocycles. The minimum Gasteiger partial charge on any atom is -0.324 e. The highest BCUT2D eigenvalue weighted by Gasteiger charge is 2.74. The number of hydrogen-bond donors (Lipinski definition) is 1. The lowest BCUT2D eigenvalue weighted by Gasteiger charge is -2.37. The largest absolute Gasteiger partial charge is 0.324 e. The highest BCUT2D eigenvalue weighted by Crippen LogP contribution is 2.60. The maximum Gasteiger partial charge on any atom is 0.250 e. The van der Waals surface area contributed by atoms with Crippen LogP contribution < -0.4 is 10.2 Å². The average Bonchev–Trinajstić information content (AvgIpc) is 3.43. The third kappa shape index (κ3) is 2.19. The first kappa shape index (κ1) is 19.0. The third-order valence-electron chi connectivity index (χ3n) is 7.56. The van der Waals surface area contributed by atoms with E-state index in [9.17, 15) is 14.4 Å². The van der Waals surface area contributed by atoms with Crippen molar-refractivity contribution in [3.63, 3.8) is 0 Å². The standard InChI is InChI=1S/C24H22ClN3O3/c1-12-5-8-16-15(10-12)24(23(31)26-16)20-19(17-4-3-9-27(17)24)21(29)28(22(20)30)18-11-14(25)7-6-13(18)2/h5-8,10-11,17,19-20H,3-4,9H2,1-2H3,(H,26,31)/t17-,19+,20-,24+/m0/s1. The molecule has 1 N–H and O–H groups in total. The number of nitrogens with one attached hydrogen (secondary N) is 1. The van der Waals surface area contributed by atoms with E-state index in [2.05, 4.69) is 10.2 Å². The van der Waals surface area contributed by atoms with Crippen LogP contribution in [0.1, 0.15) is 29.5 Å². The van der Waals surface area contributed by atoms with Crippen LogP contribution in [-0.4, -0.2) is 35.2 Å². The lowest BCUT2D eigenvalue weighted by Crippen LogP contribution is -2.54. The molecule has 4 heterocycles. The fourth-order valence-electron chi connectivity index (χ4n) is 6.38. The Kier molecular flexibility index (Phi) is 3.79. The van der Waals surface area contributed by atoms with Crippen molar-refractivity contribution >= 4 is 40.7 Å². The maximum absolute atomic E-state index is 13.9. The smallest absolute Gasteiger partial charge is 0.250 e. The Morgan fingerprint density at radius 2 is 1.87 bits per heavy atom. The number of rotatable bonds is 1. The van der Waals surface area contributed by atoms with E-state index in [-0.39, 0.29) is 23.8 Å². The van der Waals surface area contributed by atoms with Gasteiger partial charge in [0.2, 0.25) is 17.7 Å². The molecule has 6 rings (SSSR count). The first-order valence-corrected chi connectivity index (χ1v) is 11.1. The molecular weight excluding hydrogens is 414 g/mol. The average molecular weight is 436 g/mol. The molecule has 158 valence electrons. The number of hydrogen-bond acceptors (Lipinski definition) is 4. The summed E-state index contributed by atoms with van der Waals surface area (Å²) in [5.74, 6) is -2.00. The zero-order valence-corrected chi connectivity index (χ0v) is 18.1. The molecule has 3 saturated heterocycles. The molecule has 31 heavy (non-hydrogen) atoms. The summed E-state index contributed by atoms with van der Waals surface area (Å²) in [5.41, 5.74) is 2.76. The summed E-state index contributed by atoms with van der Waals surface area (Å²) in [5, 5.41) is 3.48. The van der Waals surface area contributed by atoms with Crippen molar-refractivity contribution in [2.75, 3.05) is 16.8 Å². The summed E-state index contributed by atoms with van der Waals surface area (Å²) in [6.07, 6.45) is 1.71. The van der Waals surface area contributed by atoms with E-state index in [4.69, 9.17) is 11.6 Å². The maximum atomic E-state index is 13.9. The van der Waals surface area contributed by atoms with Gasteiger partial charge in [0.1, 0.15) is 5.54 Å². The Morgan fingerprint density at radius 3 is 2.68 bits per heavy atom. The van der Waals surface area contributed by atoms with Gasteiger partial charge < -0.3 is 5.32 Å². The van der Waals surface area contributed by atoms with Crippen molar-refractivity contribution in [3.05, 3.63) is 58.1 Å². The van der Waals surface area contributed by atoms with E-state index in [1.807, 2.05) is 38.1 Å². The monoisotopic (exact) mass is 435 g/mol. The summed E-state index contributed by atoms with van der Waals surface area (Å²) >= 11 is 6.21. The number of anilines is 2. The Bertz CT molecular complexity index is 1190. The first-order valence-electron chi connectivity index (χ1n) is 10.7. The predicted molar refractivity (Wildman–Crippen MR) is 117 cm³/mol. The molecule has 4 aliphatic heterocycles. The van der Waals surface area contributed by atoms with E-state index < -0.39 is 17.4 Å². The second-order valence-electron chi connectivity index (χ2n) is 9.12. The number of imide groups is 1. The van der Waals surface area contributed by atoms with Crippen LogP contribution in [0.4, 0.5) is 11.4 Å². The Hall–Kier alpha value is -2.70. The zero-order chi connectivity index (χ0) is 21.7. The molecule has 4 aliphatic rings. The second kappa shape index (κ2) is 6.17. The van der Waals surface area contributed by atoms with Crippen molar-refractivity contribution in [2.24, 2.45) is 11.8 Å². The van der Waals surface area contributed by atoms with Gasteiger partial charge in [0, 0.05) is 22.3 Å². The third-order valence-corrected chi connectivity index (χ3v) is 7.80. The Labute approximate surface area is 185 Å². The fourth-order valence-corrected chi connectivity index (χ4v) is 6.54. The molecule has 0 unspecified atom stereocenters. The van der Waals surface area contributed by atoms with Crippen molar-refractivity contribution < 1.29 is 14.4 Å². The highest BCUT2D eigenvalue weighted by molar-refractivity contribution is 6.32. The van der Waals surface area contributed by atoms with Gasteiger partial charge in [0.05, 0.1) is 17.5 Å². The number of carbonyl (C=O) groups is 3. The molecule has 4 atom stereocenters. The molecule has 2 aromatic carbocycles. The molecular formula is C24H22ClN3O3. The normalized spacial score (nSPS) is 31.4. The number of fused-ring (bicyclic) bond motifs is 7. The van der Waals surface area contributed by atoms with Gasteiger partial charge in [-0.15, -0.1) is 0 Å². The fraction of sp³-hybridized carbons (Fsp3) is 0.375. The molecule has 0 aromatic heterocycles. The van der Waals surface area contributed by atoms with Crippen molar-refractivity contribution in [3.8, 4) is 0 Å². The zero-order valence-electron chi connectivity index (χ0n) is 17.3. The van der Waals surface area contributed by atoms with Gasteiger partial charge in [0.25, 0.3) is 0 Å². The molecule has 0 saturated carbocycles. The lowest BCUT2D eigenvalue weighted by molar-refractivity contribution is -0.135. The number of carbonyl (C=O) groups excluding carboxylic acids is 3. The van der Waals surface area contributed by atoms with Crippen LogP contribution in [0.5, 0.6) is 0 Å². The summed E-state index contributed by atoms with van der Waals surface area (Å²) in [7, 11) is 0. The summed E-state index contributed by atoms with van der Waals surface area (Å²) < 4.78 is 0. The van der Waals surface area contributed by atoms with Crippen LogP contribution >= 0.6 is 11.6 Å². The van der Waals surface area contributed by atoms with E-state index in [1.165, 1.54) is 4.90 Å². The summed E-state index contributed by atoms with van der Waals surface area (Å²) in [6.45, 7) is 4.54. The predicted octanol–water partition coefficient (Wildman–Crippen LogP) is 3.39. The number of amides is 3. The number of aryl methyl sites for hydroxylation is 2. The number of halogens is 1. The van der Waals surface area contributed by atoms with Crippen LogP contribution in [-0.2, 0) is 19.9 Å². The van der Waals surface area contributed by atoms with E-state index >= 15 is 0 Å². The topological polar surface area (TPSA) is 69.7 Å². The lowest BCUT2D eigenvalue weighted by atomic mass is 9.75. The van der Waals surface area contributed by atoms with Crippen LogP contribution in [0.2, 0.25) is 5.02 Å². The molecule has 3 amide bonds. The van der Waals surface area contributed by atoms with E-state index in [1.54, 1.807) is 12.1 Å². The van der Waals surface area contributed by atoms with Crippen molar-refractivity contribution in [1.82, 2.24) is 4.90 Å². The van der Waals surface area contributed by atoms with Gasteiger partial charge in [0.15, 0.2) is 0 Å². The van der Waals surface area contributed by atoms with Crippen molar-refractivity contribution in [1.29, 1.82) is 0 Å². The molecule has 7 heteroatoms. The quantitative estimate of drug-likeness (QED) is 0.697. The summed E-state index contributed by atoms with van der Waals surface area (Å²) in [4.78, 5) is 44.7. The molecule has 3 fully saturated rings. The second-order valence-corrected chi connectivity index (χ2v) is 9.56. The van der Waals surface area contributed by atoms with Crippen LogP contribution in [0.3, 0.4) is 0 Å². The number of nitrogens with zero attached hydrogens (tertiary/aromatic N) is 2. The van der Waals surface area contributed by atoms with Gasteiger partial charge in [-0.1, -0.05) is 35.4 Å². The van der Waals surface area contributed by atoms with Crippen LogP contribution in [0, 0.1) is 25.7 Å². The number of benzene rings is 2. The molecule has 0 bridgehead atoms. The minimum atomic E-state index is -1.14. The van der Waals surface area contributed by atoms with E-state index in [0.29, 0.717) is 17.3 Å². The van der Waals surface area contributed by atoms with Crippen LogP contribution in [0.25, 0.3) is 0 Å². The van der Waals surface area contributed by atoms with Gasteiger partial charge in [-0.3, -0.25) is 19.3 Å². The molecule has 1 spiro atoms. The highest BCUT2D eigenvalue weighted by atomic mass is 35.5. The Balaban J connectivity index is 1.58. The van der Waals surface area contributed by atoms with Crippen molar-refractivity contribution in [2.45, 2.75) is 38.3 Å². The van der Waals surface area contributed by atoms with Gasteiger partial charge in [-0.25, -0.2) is 4.90 Å². The summed E-state index contributed by atoms with van der Waals surface area (Å²) in [6, 6.07) is 10.9. The van der Waals surface area contributed by atoms with Gasteiger partial charge in [-0.05, 0) is 57.0 Å². The van der Waals surface area contributed by atoms with Gasteiger partial charge >= 0.3 is 0 Å².